The number of carbonyl (C=O) groups excluding carboxylic acids is 1. The van der Waals surface area contributed by atoms with E-state index in [2.05, 4.69) is 15.6 Å². The van der Waals surface area contributed by atoms with Crippen molar-refractivity contribution in [3.63, 3.8) is 0 Å². The Morgan fingerprint density at radius 2 is 1.86 bits per heavy atom. The monoisotopic (exact) mass is 417 g/mol. The van der Waals surface area contributed by atoms with E-state index < -0.39 is 0 Å². The van der Waals surface area contributed by atoms with Crippen LogP contribution in [0.3, 0.4) is 0 Å². The van der Waals surface area contributed by atoms with Crippen molar-refractivity contribution in [3.8, 4) is 11.5 Å². The van der Waals surface area contributed by atoms with Crippen LogP contribution in [-0.4, -0.2) is 31.7 Å². The first kappa shape index (κ1) is 20.0. The molecule has 3 aromatic rings. The molecule has 0 fully saturated rings. The van der Waals surface area contributed by atoms with Crippen LogP contribution in [0.25, 0.3) is 0 Å². The lowest BCUT2D eigenvalue weighted by molar-refractivity contribution is 0.0950. The normalized spacial score (nSPS) is 10.4. The molecule has 0 bridgehead atoms. The van der Waals surface area contributed by atoms with Crippen molar-refractivity contribution >= 4 is 39.7 Å². The van der Waals surface area contributed by atoms with Crippen molar-refractivity contribution in [1.29, 1.82) is 0 Å². The van der Waals surface area contributed by atoms with Gasteiger partial charge in [0.2, 0.25) is 0 Å². The van der Waals surface area contributed by atoms with Gasteiger partial charge < -0.3 is 20.1 Å². The number of ether oxygens (including phenoxy) is 2. The van der Waals surface area contributed by atoms with Gasteiger partial charge in [-0.1, -0.05) is 23.7 Å². The number of halogens is 1. The van der Waals surface area contributed by atoms with Crippen molar-refractivity contribution in [2.75, 3.05) is 26.1 Å². The number of anilines is 2. The zero-order valence-corrected chi connectivity index (χ0v) is 17.1. The number of aromatic nitrogens is 1. The van der Waals surface area contributed by atoms with Crippen molar-refractivity contribution in [1.82, 2.24) is 10.3 Å². The average molecular weight is 418 g/mol. The topological polar surface area (TPSA) is 72.5 Å². The molecule has 0 aliphatic rings. The van der Waals surface area contributed by atoms with Crippen LogP contribution in [0.1, 0.15) is 16.1 Å². The minimum absolute atomic E-state index is 0.203. The predicted octanol–water partition coefficient (Wildman–Crippen LogP) is 4.53. The second-order valence-corrected chi connectivity index (χ2v) is 7.16. The minimum atomic E-state index is -0.203. The molecule has 6 nitrogen and oxygen atoms in total. The van der Waals surface area contributed by atoms with Gasteiger partial charge in [-0.2, -0.15) is 0 Å². The van der Waals surface area contributed by atoms with E-state index in [0.29, 0.717) is 33.9 Å². The van der Waals surface area contributed by atoms with E-state index in [-0.39, 0.29) is 5.91 Å². The fraction of sp³-hybridized carbons (Fsp3) is 0.200. The lowest BCUT2D eigenvalue weighted by atomic mass is 10.1. The van der Waals surface area contributed by atoms with Gasteiger partial charge in [0.25, 0.3) is 5.91 Å². The van der Waals surface area contributed by atoms with E-state index in [1.807, 2.05) is 36.4 Å². The quantitative estimate of drug-likeness (QED) is 0.563. The molecule has 1 amide bonds. The first-order valence-electron chi connectivity index (χ1n) is 8.56. The Bertz CT molecular complexity index is 944. The number of thiazole rings is 1. The fourth-order valence-corrected chi connectivity index (χ4v) is 3.37. The molecule has 3 rings (SSSR count). The highest BCUT2D eigenvalue weighted by molar-refractivity contribution is 7.14. The lowest BCUT2D eigenvalue weighted by Gasteiger charge is -2.09. The summed E-state index contributed by atoms with van der Waals surface area (Å²) < 4.78 is 10.5. The molecule has 0 unspecified atom stereocenters. The summed E-state index contributed by atoms with van der Waals surface area (Å²) >= 11 is 7.23. The molecule has 0 spiro atoms. The summed E-state index contributed by atoms with van der Waals surface area (Å²) in [7, 11) is 3.17. The molecule has 2 aromatic carbocycles. The number of nitrogens with one attached hydrogen (secondary N) is 2. The second-order valence-electron chi connectivity index (χ2n) is 5.87. The smallest absolute Gasteiger partial charge is 0.270 e. The van der Waals surface area contributed by atoms with Crippen LogP contribution in [-0.2, 0) is 6.42 Å². The number of benzene rings is 2. The van der Waals surface area contributed by atoms with Crippen LogP contribution >= 0.6 is 22.9 Å². The van der Waals surface area contributed by atoms with E-state index >= 15 is 0 Å². The molecular formula is C20H20ClN3O3S. The molecule has 0 aliphatic carbocycles. The van der Waals surface area contributed by atoms with Crippen molar-refractivity contribution in [2.24, 2.45) is 0 Å². The van der Waals surface area contributed by atoms with Gasteiger partial charge >= 0.3 is 0 Å². The molecule has 8 heteroatoms. The largest absolute Gasteiger partial charge is 0.493 e. The maximum Gasteiger partial charge on any atom is 0.270 e. The highest BCUT2D eigenvalue weighted by Gasteiger charge is 2.11. The average Bonchev–Trinajstić information content (AvgIpc) is 3.18. The molecule has 146 valence electrons. The molecular weight excluding hydrogens is 398 g/mol. The molecule has 1 heterocycles. The highest BCUT2D eigenvalue weighted by Crippen LogP contribution is 2.31. The summed E-state index contributed by atoms with van der Waals surface area (Å²) in [5.41, 5.74) is 2.28. The maximum atomic E-state index is 12.3. The van der Waals surface area contributed by atoms with Gasteiger partial charge in [0.15, 0.2) is 16.6 Å². The number of hydrogen-bond donors (Lipinski definition) is 2. The first-order valence-corrected chi connectivity index (χ1v) is 9.82. The first-order chi connectivity index (χ1) is 13.6. The summed E-state index contributed by atoms with van der Waals surface area (Å²) in [5, 5.41) is 9.09. The Balaban J connectivity index is 1.55. The van der Waals surface area contributed by atoms with Gasteiger partial charge in [0, 0.05) is 28.7 Å². The Morgan fingerprint density at radius 1 is 1.11 bits per heavy atom. The molecule has 0 radical (unpaired) electrons. The standard InChI is InChI=1S/C20H20ClN3O3S/c1-26-17-8-7-15(11-18(17)27-2)23-20-24-16(12-28-20)19(25)22-10-9-13-3-5-14(21)6-4-13/h3-8,11-12H,9-10H2,1-2H3,(H,22,25)(H,23,24). The van der Waals surface area contributed by atoms with E-state index in [0.717, 1.165) is 17.7 Å². The van der Waals surface area contributed by atoms with Gasteiger partial charge in [-0.3, -0.25) is 4.79 Å². The van der Waals surface area contributed by atoms with Crippen molar-refractivity contribution in [3.05, 3.63) is 64.1 Å². The molecule has 1 aromatic heterocycles. The van der Waals surface area contributed by atoms with Crippen LogP contribution < -0.4 is 20.1 Å². The van der Waals surface area contributed by atoms with Crippen LogP contribution in [0.2, 0.25) is 5.02 Å². The maximum absolute atomic E-state index is 12.3. The zero-order valence-electron chi connectivity index (χ0n) is 15.5. The predicted molar refractivity (Wildman–Crippen MR) is 112 cm³/mol. The molecule has 0 aliphatic heterocycles. The second kappa shape index (κ2) is 9.43. The van der Waals surface area contributed by atoms with Crippen LogP contribution in [0, 0.1) is 0 Å². The fourth-order valence-electron chi connectivity index (χ4n) is 2.53. The highest BCUT2D eigenvalue weighted by atomic mass is 35.5. The van der Waals surface area contributed by atoms with E-state index in [1.54, 1.807) is 25.7 Å². The Hall–Kier alpha value is -2.77. The molecule has 28 heavy (non-hydrogen) atoms. The third kappa shape index (κ3) is 5.15. The summed E-state index contributed by atoms with van der Waals surface area (Å²) in [5.74, 6) is 1.06. The molecule has 2 N–H and O–H groups in total. The van der Waals surface area contributed by atoms with Crippen LogP contribution in [0.5, 0.6) is 11.5 Å². The zero-order chi connectivity index (χ0) is 19.9. The van der Waals surface area contributed by atoms with E-state index in [4.69, 9.17) is 21.1 Å². The van der Waals surface area contributed by atoms with E-state index in [1.165, 1.54) is 11.3 Å². The number of carbonyl (C=O) groups is 1. The van der Waals surface area contributed by atoms with Gasteiger partial charge in [0.1, 0.15) is 5.69 Å². The molecule has 0 saturated heterocycles. The summed E-state index contributed by atoms with van der Waals surface area (Å²) in [4.78, 5) is 16.6. The van der Waals surface area contributed by atoms with Crippen LogP contribution in [0.15, 0.2) is 47.8 Å². The minimum Gasteiger partial charge on any atom is -0.493 e. The van der Waals surface area contributed by atoms with Gasteiger partial charge in [-0.05, 0) is 36.2 Å². The van der Waals surface area contributed by atoms with Crippen molar-refractivity contribution in [2.45, 2.75) is 6.42 Å². The lowest BCUT2D eigenvalue weighted by Crippen LogP contribution is -2.25. The number of methoxy groups -OCH3 is 2. The third-order valence-electron chi connectivity index (χ3n) is 3.98. The SMILES string of the molecule is COc1ccc(Nc2nc(C(=O)NCCc3ccc(Cl)cc3)cs2)cc1OC. The summed E-state index contributed by atoms with van der Waals surface area (Å²) in [6, 6.07) is 13.0. The number of rotatable bonds is 8. The number of nitrogens with zero attached hydrogens (tertiary/aromatic N) is 1. The van der Waals surface area contributed by atoms with E-state index in [9.17, 15) is 4.79 Å². The van der Waals surface area contributed by atoms with Gasteiger partial charge in [0.05, 0.1) is 14.2 Å². The Morgan fingerprint density at radius 3 is 2.57 bits per heavy atom. The van der Waals surface area contributed by atoms with Crippen molar-refractivity contribution < 1.29 is 14.3 Å². The summed E-state index contributed by atoms with van der Waals surface area (Å²) in [6.45, 7) is 0.524. The number of hydrogen-bond acceptors (Lipinski definition) is 6. The Kier molecular flexibility index (Phi) is 6.73. The van der Waals surface area contributed by atoms with Gasteiger partial charge in [-0.25, -0.2) is 4.98 Å². The van der Waals surface area contributed by atoms with Crippen LogP contribution in [0.4, 0.5) is 10.8 Å². The number of amides is 1. The summed E-state index contributed by atoms with van der Waals surface area (Å²) in [6.07, 6.45) is 0.726. The molecule has 0 saturated carbocycles. The Labute approximate surface area is 172 Å². The third-order valence-corrected chi connectivity index (χ3v) is 4.99. The van der Waals surface area contributed by atoms with Gasteiger partial charge in [-0.15, -0.1) is 11.3 Å². The molecule has 0 atom stereocenters.